The van der Waals surface area contributed by atoms with E-state index in [0.29, 0.717) is 11.3 Å². The van der Waals surface area contributed by atoms with Gasteiger partial charge in [0.15, 0.2) is 5.76 Å². The van der Waals surface area contributed by atoms with E-state index < -0.39 is 35.5 Å². The third-order valence-corrected chi connectivity index (χ3v) is 5.94. The van der Waals surface area contributed by atoms with E-state index in [9.17, 15) is 22.8 Å². The molecule has 3 aromatic rings. The van der Waals surface area contributed by atoms with Crippen LogP contribution in [0.3, 0.4) is 0 Å². The van der Waals surface area contributed by atoms with E-state index in [0.717, 1.165) is 4.90 Å². The Morgan fingerprint density at radius 1 is 1.11 bits per heavy atom. The molecule has 0 spiro atoms. The van der Waals surface area contributed by atoms with Crippen LogP contribution in [-0.4, -0.2) is 44.5 Å². The number of anilines is 1. The number of halogens is 4. The second-order valence-corrected chi connectivity index (χ2v) is 8.53. The van der Waals surface area contributed by atoms with Crippen molar-refractivity contribution >= 4 is 29.1 Å². The van der Waals surface area contributed by atoms with Crippen molar-refractivity contribution in [1.29, 1.82) is 0 Å². The molecule has 184 valence electrons. The van der Waals surface area contributed by atoms with Gasteiger partial charge in [0.2, 0.25) is 11.8 Å². The van der Waals surface area contributed by atoms with Crippen LogP contribution in [0.25, 0.3) is 11.3 Å². The fourth-order valence-electron chi connectivity index (χ4n) is 3.99. The van der Waals surface area contributed by atoms with Gasteiger partial charge in [-0.2, -0.15) is 0 Å². The molecule has 1 aliphatic rings. The average molecular weight is 508 g/mol. The van der Waals surface area contributed by atoms with E-state index in [4.69, 9.17) is 16.1 Å². The molecule has 0 radical (unpaired) electrons. The minimum absolute atomic E-state index is 0.0673. The quantitative estimate of drug-likeness (QED) is 0.475. The maximum atomic E-state index is 14.1. The number of benzene rings is 1. The first-order valence-electron chi connectivity index (χ1n) is 10.8. The third-order valence-electron chi connectivity index (χ3n) is 5.76. The van der Waals surface area contributed by atoms with E-state index in [-0.39, 0.29) is 36.9 Å². The van der Waals surface area contributed by atoms with Gasteiger partial charge in [0, 0.05) is 54.2 Å². The highest BCUT2D eigenvalue weighted by Crippen LogP contribution is 2.35. The van der Waals surface area contributed by atoms with Gasteiger partial charge in [-0.25, -0.2) is 23.1 Å². The molecular weight excluding hydrogens is 487 g/mol. The number of carbonyl (C=O) groups excluding carboxylic acids is 2. The van der Waals surface area contributed by atoms with E-state index >= 15 is 0 Å². The van der Waals surface area contributed by atoms with Gasteiger partial charge >= 0.3 is 0 Å². The smallest absolute Gasteiger partial charge is 0.278 e. The lowest BCUT2D eigenvalue weighted by atomic mass is 9.92. The number of aromatic nitrogens is 3. The predicted octanol–water partition coefficient (Wildman–Crippen LogP) is 4.43. The minimum Gasteiger partial charge on any atom is -0.356 e. The Hall–Kier alpha value is -3.47. The van der Waals surface area contributed by atoms with Crippen LogP contribution in [-0.2, 0) is 9.59 Å². The van der Waals surface area contributed by atoms with E-state index in [2.05, 4.69) is 20.4 Å². The van der Waals surface area contributed by atoms with Gasteiger partial charge in [0.25, 0.3) is 11.5 Å². The number of amides is 2. The Kier molecular flexibility index (Phi) is 7.34. The molecule has 2 atom stereocenters. The summed E-state index contributed by atoms with van der Waals surface area (Å²) in [5.74, 6) is -4.19. The Balaban J connectivity index is 1.68. The summed E-state index contributed by atoms with van der Waals surface area (Å²) in [5, 5.41) is 6.37. The molecule has 2 aromatic heterocycles. The zero-order valence-corrected chi connectivity index (χ0v) is 19.0. The van der Waals surface area contributed by atoms with Crippen LogP contribution in [0.5, 0.6) is 0 Å². The summed E-state index contributed by atoms with van der Waals surface area (Å²) in [6, 6.07) is 5.92. The number of nitrogens with one attached hydrogen (secondary N) is 1. The Labute approximate surface area is 203 Å². The standard InChI is InChI=1S/C23H21ClF3N5O3/c24-20(25)22(34)32(17-3-1-14(2-4-17)18-7-10-30-35-18)19(15-11-28-13-29-12-15)21(33)31-16-5-8-23(26,27)9-6-16/h1-4,7,10-13,16,19-20H,5-6,8-9H2,(H,31,33)/t19?,20-/m1/s1. The molecule has 1 aromatic carbocycles. The number of rotatable bonds is 7. The van der Waals surface area contributed by atoms with Gasteiger partial charge in [-0.3, -0.25) is 14.5 Å². The van der Waals surface area contributed by atoms with Crippen molar-refractivity contribution in [2.45, 2.75) is 49.3 Å². The molecule has 0 saturated heterocycles. The van der Waals surface area contributed by atoms with Gasteiger partial charge < -0.3 is 9.84 Å². The molecule has 1 aliphatic carbocycles. The van der Waals surface area contributed by atoms with Crippen LogP contribution < -0.4 is 10.2 Å². The molecule has 1 unspecified atom stereocenters. The largest absolute Gasteiger partial charge is 0.356 e. The van der Waals surface area contributed by atoms with Crippen molar-refractivity contribution in [3.63, 3.8) is 0 Å². The fraction of sp³-hybridized carbons (Fsp3) is 0.348. The van der Waals surface area contributed by atoms with Crippen molar-refractivity contribution in [2.24, 2.45) is 0 Å². The molecule has 8 nitrogen and oxygen atoms in total. The highest BCUT2D eigenvalue weighted by molar-refractivity contribution is 6.32. The predicted molar refractivity (Wildman–Crippen MR) is 120 cm³/mol. The van der Waals surface area contributed by atoms with Crippen molar-refractivity contribution in [3.8, 4) is 11.3 Å². The summed E-state index contributed by atoms with van der Waals surface area (Å²) in [5.41, 5.74) is -1.46. The van der Waals surface area contributed by atoms with Crippen molar-refractivity contribution in [1.82, 2.24) is 20.4 Å². The summed E-state index contributed by atoms with van der Waals surface area (Å²) in [7, 11) is 0. The molecule has 1 N–H and O–H groups in total. The van der Waals surface area contributed by atoms with E-state index in [1.807, 2.05) is 0 Å². The van der Waals surface area contributed by atoms with Gasteiger partial charge in [-0.15, -0.1) is 0 Å². The van der Waals surface area contributed by atoms with Gasteiger partial charge in [-0.1, -0.05) is 16.8 Å². The highest BCUT2D eigenvalue weighted by atomic mass is 35.5. The molecule has 0 aliphatic heterocycles. The Bertz CT molecular complexity index is 1140. The fourth-order valence-corrected chi connectivity index (χ4v) is 4.10. The number of alkyl halides is 4. The van der Waals surface area contributed by atoms with Crippen LogP contribution in [0.4, 0.5) is 18.9 Å². The monoisotopic (exact) mass is 507 g/mol. The SMILES string of the molecule is O=C(NC1CCC(F)(F)CC1)C(c1cncnc1)N(C(=O)[C@@H](F)Cl)c1ccc(-c2ccno2)cc1. The summed E-state index contributed by atoms with van der Waals surface area (Å²) in [4.78, 5) is 35.1. The van der Waals surface area contributed by atoms with Gasteiger partial charge in [-0.05, 0) is 37.1 Å². The summed E-state index contributed by atoms with van der Waals surface area (Å²) < 4.78 is 46.4. The first-order valence-corrected chi connectivity index (χ1v) is 11.2. The topological polar surface area (TPSA) is 101 Å². The van der Waals surface area contributed by atoms with Crippen LogP contribution in [0.15, 0.2) is 59.8 Å². The molecule has 1 saturated carbocycles. The number of nitrogens with zero attached hydrogens (tertiary/aromatic N) is 4. The first kappa shape index (κ1) is 24.6. The normalized spacial score (nSPS) is 17.4. The number of hydrogen-bond acceptors (Lipinski definition) is 6. The summed E-state index contributed by atoms with van der Waals surface area (Å²) in [6.45, 7) is 0. The average Bonchev–Trinajstić information content (AvgIpc) is 3.39. The van der Waals surface area contributed by atoms with Crippen LogP contribution in [0.1, 0.15) is 37.3 Å². The van der Waals surface area contributed by atoms with Crippen LogP contribution >= 0.6 is 11.6 Å². The zero-order chi connectivity index (χ0) is 25.0. The Morgan fingerprint density at radius 2 is 1.77 bits per heavy atom. The molecule has 12 heteroatoms. The van der Waals surface area contributed by atoms with Gasteiger partial charge in [0.1, 0.15) is 12.4 Å². The minimum atomic E-state index is -2.78. The first-order chi connectivity index (χ1) is 16.7. The maximum absolute atomic E-state index is 14.1. The third kappa shape index (κ3) is 5.79. The van der Waals surface area contributed by atoms with Crippen LogP contribution in [0.2, 0.25) is 0 Å². The Morgan fingerprint density at radius 3 is 2.34 bits per heavy atom. The number of hydrogen-bond donors (Lipinski definition) is 1. The molecule has 2 heterocycles. The van der Waals surface area contributed by atoms with Crippen molar-refractivity contribution in [2.75, 3.05) is 4.90 Å². The molecule has 4 rings (SSSR count). The van der Waals surface area contributed by atoms with E-state index in [1.165, 1.54) is 37.1 Å². The molecular formula is C23H21ClF3N5O3. The van der Waals surface area contributed by atoms with E-state index in [1.54, 1.807) is 18.2 Å². The molecule has 1 fully saturated rings. The van der Waals surface area contributed by atoms with Crippen molar-refractivity contribution in [3.05, 3.63) is 60.8 Å². The zero-order valence-electron chi connectivity index (χ0n) is 18.3. The lowest BCUT2D eigenvalue weighted by molar-refractivity contribution is -0.128. The maximum Gasteiger partial charge on any atom is 0.278 e. The lowest BCUT2D eigenvalue weighted by Crippen LogP contribution is -2.49. The number of carbonyl (C=O) groups is 2. The highest BCUT2D eigenvalue weighted by Gasteiger charge is 2.39. The second-order valence-electron chi connectivity index (χ2n) is 8.15. The molecule has 2 amide bonds. The van der Waals surface area contributed by atoms with Gasteiger partial charge in [0.05, 0.1) is 6.20 Å². The summed E-state index contributed by atoms with van der Waals surface area (Å²) in [6.07, 6.45) is 4.74. The summed E-state index contributed by atoms with van der Waals surface area (Å²) >= 11 is 5.52. The second kappa shape index (κ2) is 10.4. The van der Waals surface area contributed by atoms with Crippen molar-refractivity contribution < 1.29 is 27.3 Å². The molecule has 0 bridgehead atoms. The lowest BCUT2D eigenvalue weighted by Gasteiger charge is -2.34. The van der Waals surface area contributed by atoms with Crippen LogP contribution in [0, 0.1) is 0 Å². The molecule has 35 heavy (non-hydrogen) atoms.